The zero-order valence-corrected chi connectivity index (χ0v) is 8.55. The molecular weight excluding hydrogens is 188 g/mol. The number of nitrogens with zero attached hydrogens (tertiary/aromatic N) is 1. The molecular formula is C9H17ClN2O. The van der Waals surface area contributed by atoms with Crippen molar-refractivity contribution in [2.75, 3.05) is 6.54 Å². The number of hydrogen-bond donors (Lipinski definition) is 1. The Hall–Kier alpha value is -0.280. The van der Waals surface area contributed by atoms with Crippen molar-refractivity contribution in [3.8, 4) is 0 Å². The third-order valence-corrected chi connectivity index (χ3v) is 2.95. The predicted octanol–water partition coefficient (Wildman–Crippen LogP) is 0.910. The predicted molar refractivity (Wildman–Crippen MR) is 53.8 cm³/mol. The van der Waals surface area contributed by atoms with Gasteiger partial charge in [0.15, 0.2) is 0 Å². The van der Waals surface area contributed by atoms with Crippen molar-refractivity contribution in [1.29, 1.82) is 0 Å². The van der Waals surface area contributed by atoms with Gasteiger partial charge in [-0.05, 0) is 25.7 Å². The Bertz CT molecular complexity index is 192. The van der Waals surface area contributed by atoms with Crippen molar-refractivity contribution in [3.63, 3.8) is 0 Å². The Labute approximate surface area is 85.1 Å². The van der Waals surface area contributed by atoms with Crippen LogP contribution in [0.25, 0.3) is 0 Å². The summed E-state index contributed by atoms with van der Waals surface area (Å²) in [6.07, 6.45) is 5.05. The van der Waals surface area contributed by atoms with Crippen molar-refractivity contribution in [2.45, 2.75) is 44.2 Å². The smallest absolute Gasteiger partial charge is 0.222 e. The number of likely N-dealkylation sites (tertiary alicyclic amines) is 1. The number of piperidine rings is 1. The molecule has 1 amide bonds. The van der Waals surface area contributed by atoms with Gasteiger partial charge in [-0.25, -0.2) is 0 Å². The second-order valence-electron chi connectivity index (χ2n) is 3.93. The molecule has 3 nitrogen and oxygen atoms in total. The lowest BCUT2D eigenvalue weighted by Crippen LogP contribution is -2.54. The van der Waals surface area contributed by atoms with Gasteiger partial charge >= 0.3 is 0 Å². The zero-order valence-electron chi connectivity index (χ0n) is 7.74. The van der Waals surface area contributed by atoms with Crippen LogP contribution >= 0.6 is 12.4 Å². The maximum Gasteiger partial charge on any atom is 0.222 e. The Kier molecular flexibility index (Phi) is 3.56. The van der Waals surface area contributed by atoms with Gasteiger partial charge in [-0.2, -0.15) is 0 Å². The summed E-state index contributed by atoms with van der Waals surface area (Å²) < 4.78 is 0. The van der Waals surface area contributed by atoms with Crippen molar-refractivity contribution < 1.29 is 4.79 Å². The van der Waals surface area contributed by atoms with E-state index in [-0.39, 0.29) is 12.4 Å². The number of halogens is 1. The lowest BCUT2D eigenvalue weighted by Gasteiger charge is -2.43. The first kappa shape index (κ1) is 10.8. The van der Waals surface area contributed by atoms with E-state index < -0.39 is 0 Å². The quantitative estimate of drug-likeness (QED) is 0.690. The van der Waals surface area contributed by atoms with E-state index in [0.29, 0.717) is 18.0 Å². The molecule has 76 valence electrons. The number of nitrogens with two attached hydrogens (primary N) is 1. The molecule has 1 aliphatic heterocycles. The monoisotopic (exact) mass is 204 g/mol. The minimum Gasteiger partial charge on any atom is -0.340 e. The Morgan fingerprint density at radius 2 is 2.00 bits per heavy atom. The van der Waals surface area contributed by atoms with E-state index in [1.54, 1.807) is 0 Å². The highest BCUT2D eigenvalue weighted by Gasteiger charge is 2.34. The number of carbonyl (C=O) groups is 1. The molecule has 1 aliphatic carbocycles. The number of carbonyl (C=O) groups excluding carboxylic acids is 1. The molecule has 13 heavy (non-hydrogen) atoms. The topological polar surface area (TPSA) is 46.3 Å². The van der Waals surface area contributed by atoms with Crippen LogP contribution in [0.3, 0.4) is 0 Å². The van der Waals surface area contributed by atoms with Gasteiger partial charge in [0.2, 0.25) is 5.91 Å². The first-order valence-corrected chi connectivity index (χ1v) is 4.82. The highest BCUT2D eigenvalue weighted by atomic mass is 35.5. The number of rotatable bonds is 1. The highest BCUT2D eigenvalue weighted by molar-refractivity contribution is 5.85. The van der Waals surface area contributed by atoms with E-state index in [4.69, 9.17) is 5.73 Å². The molecule has 2 rings (SSSR count). The first-order valence-electron chi connectivity index (χ1n) is 4.82. The van der Waals surface area contributed by atoms with Crippen LogP contribution in [0.4, 0.5) is 0 Å². The summed E-state index contributed by atoms with van der Waals surface area (Å²) in [4.78, 5) is 13.5. The Morgan fingerprint density at radius 1 is 1.31 bits per heavy atom. The van der Waals surface area contributed by atoms with Gasteiger partial charge in [-0.3, -0.25) is 4.79 Å². The molecule has 0 aromatic rings. The van der Waals surface area contributed by atoms with Gasteiger partial charge < -0.3 is 10.6 Å². The van der Waals surface area contributed by atoms with Gasteiger partial charge in [0.25, 0.3) is 0 Å². The lowest BCUT2D eigenvalue weighted by molar-refractivity contribution is -0.137. The van der Waals surface area contributed by atoms with Crippen molar-refractivity contribution >= 4 is 18.3 Å². The molecule has 0 spiro atoms. The summed E-state index contributed by atoms with van der Waals surface area (Å²) in [5, 5.41) is 0. The maximum atomic E-state index is 11.4. The number of amides is 1. The van der Waals surface area contributed by atoms with Crippen molar-refractivity contribution in [1.82, 2.24) is 4.90 Å². The summed E-state index contributed by atoms with van der Waals surface area (Å²) in [7, 11) is 0. The van der Waals surface area contributed by atoms with Crippen LogP contribution in [0, 0.1) is 0 Å². The molecule has 0 unspecified atom stereocenters. The van der Waals surface area contributed by atoms with Crippen LogP contribution in [-0.4, -0.2) is 29.4 Å². The molecule has 1 saturated carbocycles. The average Bonchev–Trinajstić information content (AvgIpc) is 2.01. The molecule has 1 heterocycles. The SMILES string of the molecule is Cl.NC1CC(N2CCCCC2=O)C1. The third-order valence-electron chi connectivity index (χ3n) is 2.95. The summed E-state index contributed by atoms with van der Waals surface area (Å²) in [5.74, 6) is 0.346. The fourth-order valence-electron chi connectivity index (χ4n) is 2.10. The molecule has 0 aromatic heterocycles. The van der Waals surface area contributed by atoms with Crippen molar-refractivity contribution in [2.24, 2.45) is 5.73 Å². The molecule has 4 heteroatoms. The molecule has 0 bridgehead atoms. The molecule has 2 aliphatic rings. The zero-order chi connectivity index (χ0) is 8.55. The van der Waals surface area contributed by atoms with E-state index in [0.717, 1.165) is 32.2 Å². The standard InChI is InChI=1S/C9H16N2O.ClH/c10-7-5-8(6-7)11-4-2-1-3-9(11)12;/h7-8H,1-6,10H2;1H. The molecule has 0 radical (unpaired) electrons. The minimum absolute atomic E-state index is 0. The van der Waals surface area contributed by atoms with Crippen LogP contribution in [0.2, 0.25) is 0 Å². The molecule has 0 atom stereocenters. The van der Waals surface area contributed by atoms with Crippen LogP contribution < -0.4 is 5.73 Å². The van der Waals surface area contributed by atoms with Gasteiger partial charge in [0.05, 0.1) is 0 Å². The van der Waals surface area contributed by atoms with Crippen molar-refractivity contribution in [3.05, 3.63) is 0 Å². The molecule has 0 aromatic carbocycles. The van der Waals surface area contributed by atoms with E-state index in [2.05, 4.69) is 0 Å². The summed E-state index contributed by atoms with van der Waals surface area (Å²) in [6, 6.07) is 0.831. The molecule has 2 N–H and O–H groups in total. The van der Waals surface area contributed by atoms with E-state index >= 15 is 0 Å². The first-order chi connectivity index (χ1) is 5.77. The second-order valence-corrected chi connectivity index (χ2v) is 3.93. The minimum atomic E-state index is 0. The van der Waals surface area contributed by atoms with Crippen LogP contribution in [-0.2, 0) is 4.79 Å². The van der Waals surface area contributed by atoms with E-state index in [9.17, 15) is 4.79 Å². The molecule has 2 fully saturated rings. The third kappa shape index (κ3) is 2.15. The van der Waals surface area contributed by atoms with Crippen LogP contribution in [0.1, 0.15) is 32.1 Å². The van der Waals surface area contributed by atoms with Gasteiger partial charge in [-0.1, -0.05) is 0 Å². The largest absolute Gasteiger partial charge is 0.340 e. The highest BCUT2D eigenvalue weighted by Crippen LogP contribution is 2.27. The van der Waals surface area contributed by atoms with Crippen LogP contribution in [0.5, 0.6) is 0 Å². The Morgan fingerprint density at radius 3 is 2.54 bits per heavy atom. The van der Waals surface area contributed by atoms with Gasteiger partial charge in [0.1, 0.15) is 0 Å². The second kappa shape index (κ2) is 4.29. The lowest BCUT2D eigenvalue weighted by atomic mass is 9.85. The van der Waals surface area contributed by atoms with Gasteiger partial charge in [-0.15, -0.1) is 12.4 Å². The fourth-order valence-corrected chi connectivity index (χ4v) is 2.10. The maximum absolute atomic E-state index is 11.4. The summed E-state index contributed by atoms with van der Waals surface area (Å²) in [6.45, 7) is 0.968. The average molecular weight is 205 g/mol. The summed E-state index contributed by atoms with van der Waals surface area (Å²) in [5.41, 5.74) is 5.68. The van der Waals surface area contributed by atoms with E-state index in [1.165, 1.54) is 6.42 Å². The van der Waals surface area contributed by atoms with Gasteiger partial charge in [0, 0.05) is 25.0 Å². The summed E-state index contributed by atoms with van der Waals surface area (Å²) >= 11 is 0. The van der Waals surface area contributed by atoms with E-state index in [1.807, 2.05) is 4.90 Å². The number of hydrogen-bond acceptors (Lipinski definition) is 2. The normalized spacial score (nSPS) is 33.6. The molecule has 1 saturated heterocycles. The Balaban J connectivity index is 0.000000845. The fraction of sp³-hybridized carbons (Fsp3) is 0.889. The van der Waals surface area contributed by atoms with Crippen LogP contribution in [0.15, 0.2) is 0 Å².